The molecule has 0 aromatic heterocycles. The molecule has 1 unspecified atom stereocenters. The number of nitrogens with zero attached hydrogens (tertiary/aromatic N) is 2. The molecule has 1 aliphatic heterocycles. The average Bonchev–Trinajstić information content (AvgIpc) is 2.78. The van der Waals surface area contributed by atoms with Crippen molar-refractivity contribution in [3.8, 4) is 6.07 Å². The number of halogens is 1. The standard InChI is InChI=1S/C12H15N3O2S.ClH/c13-7-5-10-1-3-12(4-2-10)18(16,17)15-8-6-11(14)9-15;/h1-4,11H,5-6,8-9,14H2;1H. The molecule has 1 heterocycles. The highest BCUT2D eigenvalue weighted by atomic mass is 35.5. The van der Waals surface area contributed by atoms with Crippen LogP contribution in [0.5, 0.6) is 0 Å². The van der Waals surface area contributed by atoms with Crippen LogP contribution in [0.3, 0.4) is 0 Å². The van der Waals surface area contributed by atoms with Crippen molar-refractivity contribution in [3.63, 3.8) is 0 Å². The molecule has 0 bridgehead atoms. The van der Waals surface area contributed by atoms with Gasteiger partial charge in [0.05, 0.1) is 17.4 Å². The maximum absolute atomic E-state index is 12.3. The summed E-state index contributed by atoms with van der Waals surface area (Å²) in [5.74, 6) is 0. The van der Waals surface area contributed by atoms with Crippen molar-refractivity contribution in [2.75, 3.05) is 13.1 Å². The second-order valence-electron chi connectivity index (χ2n) is 4.39. The Labute approximate surface area is 119 Å². The largest absolute Gasteiger partial charge is 0.326 e. The van der Waals surface area contributed by atoms with Crippen molar-refractivity contribution >= 4 is 22.4 Å². The predicted octanol–water partition coefficient (Wildman–Crippen LogP) is 0.896. The maximum atomic E-state index is 12.3. The van der Waals surface area contributed by atoms with E-state index in [4.69, 9.17) is 11.0 Å². The van der Waals surface area contributed by atoms with Crippen LogP contribution in [0, 0.1) is 11.3 Å². The smallest absolute Gasteiger partial charge is 0.243 e. The summed E-state index contributed by atoms with van der Waals surface area (Å²) in [6.45, 7) is 0.853. The van der Waals surface area contributed by atoms with Crippen molar-refractivity contribution in [2.24, 2.45) is 5.73 Å². The molecule has 1 aromatic rings. The van der Waals surface area contributed by atoms with Gasteiger partial charge in [-0.25, -0.2) is 8.42 Å². The van der Waals surface area contributed by atoms with E-state index in [0.717, 1.165) is 5.56 Å². The molecular weight excluding hydrogens is 286 g/mol. The van der Waals surface area contributed by atoms with Gasteiger partial charge in [0.1, 0.15) is 0 Å². The third kappa shape index (κ3) is 3.45. The first-order chi connectivity index (χ1) is 8.54. The molecule has 0 radical (unpaired) electrons. The summed E-state index contributed by atoms with van der Waals surface area (Å²) in [7, 11) is -3.43. The molecule has 1 fully saturated rings. The van der Waals surface area contributed by atoms with Crippen molar-refractivity contribution in [3.05, 3.63) is 29.8 Å². The lowest BCUT2D eigenvalue weighted by Gasteiger charge is -2.15. The van der Waals surface area contributed by atoms with Gasteiger partial charge in [0.15, 0.2) is 0 Å². The number of nitrogens with two attached hydrogens (primary N) is 1. The van der Waals surface area contributed by atoms with Crippen LogP contribution in [0.15, 0.2) is 29.2 Å². The summed E-state index contributed by atoms with van der Waals surface area (Å²) >= 11 is 0. The fraction of sp³-hybridized carbons (Fsp3) is 0.417. The first kappa shape index (κ1) is 15.9. The molecule has 2 rings (SSSR count). The lowest BCUT2D eigenvalue weighted by atomic mass is 10.2. The van der Waals surface area contributed by atoms with E-state index in [1.807, 2.05) is 6.07 Å². The molecule has 19 heavy (non-hydrogen) atoms. The fourth-order valence-electron chi connectivity index (χ4n) is 1.99. The zero-order chi connectivity index (χ0) is 13.2. The summed E-state index contributed by atoms with van der Waals surface area (Å²) in [4.78, 5) is 0.262. The van der Waals surface area contributed by atoms with Gasteiger partial charge in [0, 0.05) is 19.1 Å². The molecule has 5 nitrogen and oxygen atoms in total. The molecule has 104 valence electrons. The van der Waals surface area contributed by atoms with Crippen LogP contribution in [0.25, 0.3) is 0 Å². The zero-order valence-corrected chi connectivity index (χ0v) is 12.0. The lowest BCUT2D eigenvalue weighted by Crippen LogP contribution is -2.31. The van der Waals surface area contributed by atoms with Gasteiger partial charge in [0.25, 0.3) is 0 Å². The third-order valence-electron chi connectivity index (χ3n) is 3.03. The van der Waals surface area contributed by atoms with Crippen LogP contribution >= 0.6 is 12.4 Å². The van der Waals surface area contributed by atoms with Gasteiger partial charge in [-0.3, -0.25) is 0 Å². The molecule has 0 saturated carbocycles. The molecular formula is C12H16ClN3O2S. The van der Waals surface area contributed by atoms with Gasteiger partial charge in [-0.1, -0.05) is 12.1 Å². The normalized spacial score (nSPS) is 19.7. The van der Waals surface area contributed by atoms with Gasteiger partial charge in [-0.05, 0) is 24.1 Å². The molecule has 1 aliphatic rings. The highest BCUT2D eigenvalue weighted by Gasteiger charge is 2.30. The Morgan fingerprint density at radius 3 is 2.47 bits per heavy atom. The Kier molecular flexibility index (Phi) is 5.32. The van der Waals surface area contributed by atoms with E-state index >= 15 is 0 Å². The fourth-order valence-corrected chi connectivity index (χ4v) is 3.50. The van der Waals surface area contributed by atoms with E-state index in [1.165, 1.54) is 4.31 Å². The van der Waals surface area contributed by atoms with Crippen molar-refractivity contribution in [2.45, 2.75) is 23.8 Å². The van der Waals surface area contributed by atoms with E-state index in [1.54, 1.807) is 24.3 Å². The van der Waals surface area contributed by atoms with Crippen LogP contribution in [0.4, 0.5) is 0 Å². The summed E-state index contributed by atoms with van der Waals surface area (Å²) < 4.78 is 25.9. The Morgan fingerprint density at radius 2 is 2.00 bits per heavy atom. The summed E-state index contributed by atoms with van der Waals surface area (Å²) in [5.41, 5.74) is 6.54. The minimum Gasteiger partial charge on any atom is -0.326 e. The Balaban J connectivity index is 0.00000180. The predicted molar refractivity (Wildman–Crippen MR) is 74.4 cm³/mol. The molecule has 7 heteroatoms. The van der Waals surface area contributed by atoms with Gasteiger partial charge >= 0.3 is 0 Å². The highest BCUT2D eigenvalue weighted by molar-refractivity contribution is 7.89. The number of nitriles is 1. The zero-order valence-electron chi connectivity index (χ0n) is 10.3. The van der Waals surface area contributed by atoms with Gasteiger partial charge < -0.3 is 5.73 Å². The highest BCUT2D eigenvalue weighted by Crippen LogP contribution is 2.20. The van der Waals surface area contributed by atoms with Crippen LogP contribution in [-0.2, 0) is 16.4 Å². The van der Waals surface area contributed by atoms with E-state index in [0.29, 0.717) is 19.5 Å². The lowest BCUT2D eigenvalue weighted by molar-refractivity contribution is 0.472. The van der Waals surface area contributed by atoms with E-state index in [9.17, 15) is 8.42 Å². The number of rotatable bonds is 3. The van der Waals surface area contributed by atoms with Gasteiger partial charge in [-0.2, -0.15) is 9.57 Å². The van der Waals surface area contributed by atoms with E-state index in [2.05, 4.69) is 0 Å². The summed E-state index contributed by atoms with van der Waals surface area (Å²) in [6, 6.07) is 8.40. The first-order valence-corrected chi connectivity index (χ1v) is 7.19. The topological polar surface area (TPSA) is 87.2 Å². The first-order valence-electron chi connectivity index (χ1n) is 5.75. The Morgan fingerprint density at radius 1 is 1.37 bits per heavy atom. The molecule has 1 atom stereocenters. The van der Waals surface area contributed by atoms with E-state index in [-0.39, 0.29) is 29.8 Å². The van der Waals surface area contributed by atoms with Crippen molar-refractivity contribution < 1.29 is 8.42 Å². The monoisotopic (exact) mass is 301 g/mol. The molecule has 2 N–H and O–H groups in total. The van der Waals surface area contributed by atoms with E-state index < -0.39 is 10.0 Å². The second-order valence-corrected chi connectivity index (χ2v) is 6.33. The van der Waals surface area contributed by atoms with Crippen molar-refractivity contribution in [1.29, 1.82) is 5.26 Å². The Hall–Kier alpha value is -1.13. The molecule has 0 amide bonds. The molecule has 0 spiro atoms. The van der Waals surface area contributed by atoms with Crippen LogP contribution in [0.2, 0.25) is 0 Å². The summed E-state index contributed by atoms with van der Waals surface area (Å²) in [6.07, 6.45) is 0.987. The molecule has 1 aromatic carbocycles. The Bertz CT molecular complexity index is 566. The third-order valence-corrected chi connectivity index (χ3v) is 4.91. The van der Waals surface area contributed by atoms with Crippen LogP contribution in [0.1, 0.15) is 12.0 Å². The number of hydrogen-bond acceptors (Lipinski definition) is 4. The molecule has 1 saturated heterocycles. The molecule has 0 aliphatic carbocycles. The minimum atomic E-state index is -3.43. The average molecular weight is 302 g/mol. The van der Waals surface area contributed by atoms with Crippen LogP contribution in [-0.4, -0.2) is 31.9 Å². The SMILES string of the molecule is Cl.N#CCc1ccc(S(=O)(=O)N2CCC(N)C2)cc1. The van der Waals surface area contributed by atoms with Gasteiger partial charge in [-0.15, -0.1) is 12.4 Å². The van der Waals surface area contributed by atoms with Crippen molar-refractivity contribution in [1.82, 2.24) is 4.31 Å². The van der Waals surface area contributed by atoms with Gasteiger partial charge in [0.2, 0.25) is 10.0 Å². The van der Waals surface area contributed by atoms with Crippen LogP contribution < -0.4 is 5.73 Å². The minimum absolute atomic E-state index is 0. The quantitative estimate of drug-likeness (QED) is 0.898. The second kappa shape index (κ2) is 6.35. The summed E-state index contributed by atoms with van der Waals surface area (Å²) in [5, 5.41) is 8.56. The number of hydrogen-bond donors (Lipinski definition) is 1. The maximum Gasteiger partial charge on any atom is 0.243 e. The number of benzene rings is 1. The number of sulfonamides is 1.